The standard InChI is InChI=1S/C17H12O4/c18-10-1-2-11-13-8-20-15-7-14-9(3-4-19-14)5-12(15)17(13)21-16(11)6-10/h1-7,13,17-18H,8H2/t13-,17-/m0/s1. The van der Waals surface area contributed by atoms with Crippen molar-refractivity contribution < 1.29 is 19.0 Å². The predicted molar refractivity (Wildman–Crippen MR) is 75.9 cm³/mol. The van der Waals surface area contributed by atoms with E-state index in [1.54, 1.807) is 18.4 Å². The van der Waals surface area contributed by atoms with Crippen molar-refractivity contribution in [1.29, 1.82) is 0 Å². The summed E-state index contributed by atoms with van der Waals surface area (Å²) >= 11 is 0. The molecular weight excluding hydrogens is 268 g/mol. The summed E-state index contributed by atoms with van der Waals surface area (Å²) in [6.07, 6.45) is 1.61. The van der Waals surface area contributed by atoms with Gasteiger partial charge < -0.3 is 19.0 Å². The summed E-state index contributed by atoms with van der Waals surface area (Å²) in [6, 6.07) is 11.2. The monoisotopic (exact) mass is 280 g/mol. The molecule has 0 saturated heterocycles. The first-order chi connectivity index (χ1) is 10.3. The summed E-state index contributed by atoms with van der Waals surface area (Å²) in [5.41, 5.74) is 2.95. The number of phenolic OH excluding ortho intramolecular Hbond substituents is 1. The molecule has 4 nitrogen and oxygen atoms in total. The summed E-state index contributed by atoms with van der Waals surface area (Å²) in [5.74, 6) is 1.95. The summed E-state index contributed by atoms with van der Waals surface area (Å²) in [4.78, 5) is 0. The van der Waals surface area contributed by atoms with Gasteiger partial charge in [-0.1, -0.05) is 6.07 Å². The maximum atomic E-state index is 9.62. The van der Waals surface area contributed by atoms with Crippen molar-refractivity contribution in [1.82, 2.24) is 0 Å². The quantitative estimate of drug-likeness (QED) is 0.681. The number of ether oxygens (including phenoxy) is 2. The molecule has 2 aliphatic rings. The average Bonchev–Trinajstić information content (AvgIpc) is 3.07. The molecule has 4 heteroatoms. The van der Waals surface area contributed by atoms with E-state index in [4.69, 9.17) is 13.9 Å². The van der Waals surface area contributed by atoms with Crippen LogP contribution in [0.3, 0.4) is 0 Å². The lowest BCUT2D eigenvalue weighted by Crippen LogP contribution is -2.23. The van der Waals surface area contributed by atoms with E-state index < -0.39 is 0 Å². The molecule has 3 aromatic rings. The molecular formula is C17H12O4. The number of benzene rings is 2. The second-order valence-electron chi connectivity index (χ2n) is 5.53. The topological polar surface area (TPSA) is 51.8 Å². The zero-order valence-corrected chi connectivity index (χ0v) is 11.1. The number of aromatic hydroxyl groups is 1. The molecule has 0 saturated carbocycles. The lowest BCUT2D eigenvalue weighted by Gasteiger charge is -2.27. The second kappa shape index (κ2) is 3.73. The Labute approximate surface area is 120 Å². The Balaban J connectivity index is 1.68. The SMILES string of the molecule is Oc1ccc2c(c1)O[C@H]1c3cc4ccoc4cc3OC[C@@H]21. The molecule has 0 radical (unpaired) electrons. The van der Waals surface area contributed by atoms with Gasteiger partial charge in [0.05, 0.1) is 18.8 Å². The minimum Gasteiger partial charge on any atom is -0.508 e. The molecule has 2 aromatic carbocycles. The zero-order chi connectivity index (χ0) is 14.0. The summed E-state index contributed by atoms with van der Waals surface area (Å²) in [7, 11) is 0. The first-order valence-electron chi connectivity index (χ1n) is 6.93. The van der Waals surface area contributed by atoms with Crippen LogP contribution in [0.2, 0.25) is 0 Å². The highest BCUT2D eigenvalue weighted by Gasteiger charge is 2.41. The van der Waals surface area contributed by atoms with Gasteiger partial charge in [0.1, 0.15) is 28.9 Å². The highest BCUT2D eigenvalue weighted by atomic mass is 16.5. The molecule has 0 unspecified atom stereocenters. The molecule has 1 N–H and O–H groups in total. The van der Waals surface area contributed by atoms with Crippen LogP contribution in [0.25, 0.3) is 11.0 Å². The Bertz CT molecular complexity index is 864. The fraction of sp³-hybridized carbons (Fsp3) is 0.176. The van der Waals surface area contributed by atoms with Crippen LogP contribution in [-0.2, 0) is 0 Å². The third kappa shape index (κ3) is 1.44. The van der Waals surface area contributed by atoms with E-state index in [1.165, 1.54) is 0 Å². The van der Waals surface area contributed by atoms with Crippen molar-refractivity contribution in [2.75, 3.05) is 6.61 Å². The van der Waals surface area contributed by atoms with Crippen molar-refractivity contribution in [3.8, 4) is 17.2 Å². The van der Waals surface area contributed by atoms with Gasteiger partial charge in [0.15, 0.2) is 0 Å². The molecule has 0 spiro atoms. The van der Waals surface area contributed by atoms with Gasteiger partial charge in [0, 0.05) is 28.6 Å². The highest BCUT2D eigenvalue weighted by Crippen LogP contribution is 2.52. The fourth-order valence-electron chi connectivity index (χ4n) is 3.31. The van der Waals surface area contributed by atoms with E-state index >= 15 is 0 Å². The number of phenols is 1. The number of furan rings is 1. The van der Waals surface area contributed by atoms with Gasteiger partial charge in [-0.2, -0.15) is 0 Å². The molecule has 104 valence electrons. The molecule has 2 atom stereocenters. The van der Waals surface area contributed by atoms with Gasteiger partial charge in [0.2, 0.25) is 0 Å². The minimum absolute atomic E-state index is 0.0650. The summed E-state index contributed by atoms with van der Waals surface area (Å²) in [5, 5.41) is 10.7. The molecule has 1 aromatic heterocycles. The molecule has 0 amide bonds. The zero-order valence-electron chi connectivity index (χ0n) is 11.1. The van der Waals surface area contributed by atoms with Crippen LogP contribution in [0.4, 0.5) is 0 Å². The fourth-order valence-corrected chi connectivity index (χ4v) is 3.31. The minimum atomic E-state index is -0.0650. The van der Waals surface area contributed by atoms with Crippen LogP contribution < -0.4 is 9.47 Å². The average molecular weight is 280 g/mol. The maximum Gasteiger partial charge on any atom is 0.138 e. The van der Waals surface area contributed by atoms with E-state index in [0.29, 0.717) is 6.61 Å². The Morgan fingerprint density at radius 1 is 1.00 bits per heavy atom. The van der Waals surface area contributed by atoms with Crippen LogP contribution in [0.15, 0.2) is 47.1 Å². The normalized spacial score (nSPS) is 22.1. The second-order valence-corrected chi connectivity index (χ2v) is 5.53. The van der Waals surface area contributed by atoms with Gasteiger partial charge in [-0.15, -0.1) is 0 Å². The lowest BCUT2D eigenvalue weighted by molar-refractivity contribution is 0.140. The van der Waals surface area contributed by atoms with Gasteiger partial charge in [-0.05, 0) is 18.2 Å². The Morgan fingerprint density at radius 3 is 2.90 bits per heavy atom. The van der Waals surface area contributed by atoms with E-state index in [0.717, 1.165) is 33.6 Å². The van der Waals surface area contributed by atoms with Crippen LogP contribution in [0.5, 0.6) is 17.2 Å². The van der Waals surface area contributed by atoms with Gasteiger partial charge in [0.25, 0.3) is 0 Å². The first-order valence-corrected chi connectivity index (χ1v) is 6.93. The maximum absolute atomic E-state index is 9.62. The van der Waals surface area contributed by atoms with Crippen molar-refractivity contribution >= 4 is 11.0 Å². The Morgan fingerprint density at radius 2 is 1.95 bits per heavy atom. The van der Waals surface area contributed by atoms with Gasteiger partial charge >= 0.3 is 0 Å². The number of rotatable bonds is 0. The van der Waals surface area contributed by atoms with Crippen LogP contribution in [0, 0.1) is 0 Å². The van der Waals surface area contributed by atoms with E-state index in [2.05, 4.69) is 6.07 Å². The summed E-state index contributed by atoms with van der Waals surface area (Å²) in [6.45, 7) is 0.571. The van der Waals surface area contributed by atoms with Gasteiger partial charge in [-0.3, -0.25) is 0 Å². The van der Waals surface area contributed by atoms with Crippen molar-refractivity contribution in [2.45, 2.75) is 12.0 Å². The Hall–Kier alpha value is -2.62. The van der Waals surface area contributed by atoms with E-state index in [9.17, 15) is 5.11 Å². The molecule has 0 aliphatic carbocycles. The highest BCUT2D eigenvalue weighted by molar-refractivity contribution is 5.80. The third-order valence-electron chi connectivity index (χ3n) is 4.33. The molecule has 2 aliphatic heterocycles. The molecule has 0 bridgehead atoms. The van der Waals surface area contributed by atoms with Crippen LogP contribution in [-0.4, -0.2) is 11.7 Å². The van der Waals surface area contributed by atoms with E-state index in [1.807, 2.05) is 18.2 Å². The third-order valence-corrected chi connectivity index (χ3v) is 4.33. The molecule has 5 rings (SSSR count). The first kappa shape index (κ1) is 11.1. The van der Waals surface area contributed by atoms with Gasteiger partial charge in [-0.25, -0.2) is 0 Å². The number of hydrogen-bond acceptors (Lipinski definition) is 4. The lowest BCUT2D eigenvalue weighted by atomic mass is 9.89. The van der Waals surface area contributed by atoms with Crippen LogP contribution in [0.1, 0.15) is 23.1 Å². The predicted octanol–water partition coefficient (Wildman–Crippen LogP) is 3.75. The van der Waals surface area contributed by atoms with Crippen molar-refractivity contribution in [2.24, 2.45) is 0 Å². The smallest absolute Gasteiger partial charge is 0.138 e. The molecule has 0 fully saturated rings. The largest absolute Gasteiger partial charge is 0.508 e. The van der Waals surface area contributed by atoms with Crippen molar-refractivity contribution in [3.63, 3.8) is 0 Å². The van der Waals surface area contributed by atoms with Crippen molar-refractivity contribution in [3.05, 3.63) is 53.8 Å². The molecule has 3 heterocycles. The number of fused-ring (bicyclic) bond motifs is 6. The number of hydrogen-bond donors (Lipinski definition) is 1. The summed E-state index contributed by atoms with van der Waals surface area (Å²) < 4.78 is 17.4. The molecule has 21 heavy (non-hydrogen) atoms. The van der Waals surface area contributed by atoms with E-state index in [-0.39, 0.29) is 17.8 Å². The van der Waals surface area contributed by atoms with Crippen LogP contribution >= 0.6 is 0 Å². The Kier molecular flexibility index (Phi) is 1.97.